The topological polar surface area (TPSA) is 49.9 Å². The number of amides is 2. The number of benzene rings is 1. The summed E-state index contributed by atoms with van der Waals surface area (Å²) in [7, 11) is 1.74. The Balaban J connectivity index is 1.67. The lowest BCUT2D eigenvalue weighted by Gasteiger charge is -2.42. The molecule has 6 heteroatoms. The summed E-state index contributed by atoms with van der Waals surface area (Å²) in [5.74, 6) is -0.779. The highest BCUT2D eigenvalue weighted by molar-refractivity contribution is 5.92. The van der Waals surface area contributed by atoms with Crippen molar-refractivity contribution in [2.75, 3.05) is 33.3 Å². The van der Waals surface area contributed by atoms with Crippen molar-refractivity contribution in [3.63, 3.8) is 0 Å². The molecule has 2 unspecified atom stereocenters. The van der Waals surface area contributed by atoms with Crippen molar-refractivity contribution in [3.8, 4) is 0 Å². The standard InChI is InChI=1S/C18H21FN2O3/c1-20-11-14(13-5-3-2-4-6-13)18(16(20)23)12-21(9-10-24-18)15(22)17(19)7-8-17/h2-6,14H,7-12H2,1H3. The number of morpholine rings is 1. The maximum absolute atomic E-state index is 14.2. The zero-order chi connectivity index (χ0) is 16.9. The van der Waals surface area contributed by atoms with Gasteiger partial charge >= 0.3 is 0 Å². The van der Waals surface area contributed by atoms with E-state index >= 15 is 0 Å². The third kappa shape index (κ3) is 2.24. The number of hydrogen-bond acceptors (Lipinski definition) is 3. The fourth-order valence-electron chi connectivity index (χ4n) is 3.90. The lowest BCUT2D eigenvalue weighted by molar-refractivity contribution is -0.169. The molecule has 0 bridgehead atoms. The highest BCUT2D eigenvalue weighted by Crippen LogP contribution is 2.45. The smallest absolute Gasteiger partial charge is 0.260 e. The van der Waals surface area contributed by atoms with Gasteiger partial charge in [-0.2, -0.15) is 0 Å². The fourth-order valence-corrected chi connectivity index (χ4v) is 3.90. The van der Waals surface area contributed by atoms with Crippen LogP contribution in [-0.4, -0.2) is 66.2 Å². The molecule has 0 N–H and O–H groups in total. The van der Waals surface area contributed by atoms with Gasteiger partial charge in [0.05, 0.1) is 13.2 Å². The van der Waals surface area contributed by atoms with E-state index in [0.717, 1.165) is 5.56 Å². The SMILES string of the molecule is CN1CC(c2ccccc2)C2(CN(C(=O)C3(F)CC3)CCO2)C1=O. The zero-order valence-electron chi connectivity index (χ0n) is 13.7. The van der Waals surface area contributed by atoms with Crippen molar-refractivity contribution in [2.45, 2.75) is 30.0 Å². The van der Waals surface area contributed by atoms with Crippen molar-refractivity contribution in [1.82, 2.24) is 9.80 Å². The van der Waals surface area contributed by atoms with E-state index in [1.807, 2.05) is 30.3 Å². The summed E-state index contributed by atoms with van der Waals surface area (Å²) >= 11 is 0. The van der Waals surface area contributed by atoms with Crippen LogP contribution in [0.5, 0.6) is 0 Å². The first kappa shape index (κ1) is 15.6. The Morgan fingerprint density at radius 2 is 2.00 bits per heavy atom. The molecular weight excluding hydrogens is 311 g/mol. The van der Waals surface area contributed by atoms with Crippen LogP contribution in [-0.2, 0) is 14.3 Å². The number of carbonyl (C=O) groups is 2. The van der Waals surface area contributed by atoms with E-state index in [4.69, 9.17) is 4.74 Å². The summed E-state index contributed by atoms with van der Waals surface area (Å²) in [4.78, 5) is 28.4. The van der Waals surface area contributed by atoms with Gasteiger partial charge in [0, 0.05) is 26.1 Å². The third-order valence-electron chi connectivity index (χ3n) is 5.44. The Morgan fingerprint density at radius 1 is 1.29 bits per heavy atom. The molecule has 2 atom stereocenters. The Hall–Kier alpha value is -1.95. The van der Waals surface area contributed by atoms with Crippen LogP contribution in [0, 0.1) is 0 Å². The van der Waals surface area contributed by atoms with E-state index in [1.54, 1.807) is 11.9 Å². The molecule has 3 aliphatic rings. The summed E-state index contributed by atoms with van der Waals surface area (Å²) in [6, 6.07) is 9.73. The molecule has 2 amide bonds. The number of likely N-dealkylation sites (N-methyl/N-ethyl adjacent to an activating group) is 1. The predicted octanol–water partition coefficient (Wildman–Crippen LogP) is 1.34. The molecule has 1 spiro atoms. The second-order valence-corrected chi connectivity index (χ2v) is 7.08. The van der Waals surface area contributed by atoms with Crippen molar-refractivity contribution in [2.24, 2.45) is 0 Å². The predicted molar refractivity (Wildman–Crippen MR) is 85.2 cm³/mol. The molecule has 0 radical (unpaired) electrons. The van der Waals surface area contributed by atoms with Gasteiger partial charge in [0.2, 0.25) is 0 Å². The highest BCUT2D eigenvalue weighted by Gasteiger charge is 2.60. The van der Waals surface area contributed by atoms with Gasteiger partial charge in [-0.3, -0.25) is 9.59 Å². The minimum atomic E-state index is -1.71. The Bertz CT molecular complexity index is 676. The van der Waals surface area contributed by atoms with Crippen LogP contribution in [0.3, 0.4) is 0 Å². The van der Waals surface area contributed by atoms with Gasteiger partial charge in [-0.05, 0) is 18.4 Å². The van der Waals surface area contributed by atoms with Crippen LogP contribution >= 0.6 is 0 Å². The van der Waals surface area contributed by atoms with Crippen molar-refractivity contribution in [3.05, 3.63) is 35.9 Å². The van der Waals surface area contributed by atoms with E-state index in [2.05, 4.69) is 0 Å². The minimum Gasteiger partial charge on any atom is -0.361 e. The number of alkyl halides is 1. The first-order valence-corrected chi connectivity index (χ1v) is 8.39. The third-order valence-corrected chi connectivity index (χ3v) is 5.44. The normalized spacial score (nSPS) is 31.6. The largest absolute Gasteiger partial charge is 0.361 e. The average molecular weight is 332 g/mol. The quantitative estimate of drug-likeness (QED) is 0.821. The van der Waals surface area contributed by atoms with Crippen LogP contribution in [0.2, 0.25) is 0 Å². The number of carbonyl (C=O) groups excluding carboxylic acids is 2. The van der Waals surface area contributed by atoms with E-state index in [1.165, 1.54) is 4.90 Å². The second kappa shape index (κ2) is 5.28. The zero-order valence-corrected chi connectivity index (χ0v) is 13.7. The first-order valence-electron chi connectivity index (χ1n) is 8.39. The molecule has 2 aliphatic heterocycles. The van der Waals surface area contributed by atoms with Crippen LogP contribution in [0.1, 0.15) is 24.3 Å². The number of likely N-dealkylation sites (tertiary alicyclic amines) is 1. The molecule has 2 saturated heterocycles. The maximum Gasteiger partial charge on any atom is 0.260 e. The van der Waals surface area contributed by atoms with E-state index in [-0.39, 0.29) is 37.8 Å². The number of rotatable bonds is 2. The lowest BCUT2D eigenvalue weighted by atomic mass is 9.83. The molecular formula is C18H21FN2O3. The van der Waals surface area contributed by atoms with E-state index in [0.29, 0.717) is 13.1 Å². The van der Waals surface area contributed by atoms with Crippen molar-refractivity contribution < 1.29 is 18.7 Å². The van der Waals surface area contributed by atoms with Gasteiger partial charge in [-0.1, -0.05) is 30.3 Å². The highest BCUT2D eigenvalue weighted by atomic mass is 19.1. The fraction of sp³-hybridized carbons (Fsp3) is 0.556. The molecule has 2 heterocycles. The molecule has 3 fully saturated rings. The summed E-state index contributed by atoms with van der Waals surface area (Å²) < 4.78 is 20.2. The Labute approximate surface area is 140 Å². The Morgan fingerprint density at radius 3 is 2.67 bits per heavy atom. The Kier molecular flexibility index (Phi) is 3.42. The number of nitrogens with zero attached hydrogens (tertiary/aromatic N) is 2. The molecule has 5 nitrogen and oxygen atoms in total. The maximum atomic E-state index is 14.2. The summed E-state index contributed by atoms with van der Waals surface area (Å²) in [6.07, 6.45) is 0.568. The van der Waals surface area contributed by atoms with Gasteiger partial charge in [0.15, 0.2) is 11.3 Å². The monoisotopic (exact) mass is 332 g/mol. The molecule has 0 aromatic heterocycles. The lowest BCUT2D eigenvalue weighted by Crippen LogP contribution is -2.60. The van der Waals surface area contributed by atoms with Crippen LogP contribution in [0.25, 0.3) is 0 Å². The molecule has 1 aromatic rings. The number of halogens is 1. The molecule has 24 heavy (non-hydrogen) atoms. The summed E-state index contributed by atoms with van der Waals surface area (Å²) in [5.41, 5.74) is -1.81. The number of hydrogen-bond donors (Lipinski definition) is 0. The van der Waals surface area contributed by atoms with Gasteiger partial charge in [-0.15, -0.1) is 0 Å². The van der Waals surface area contributed by atoms with Crippen LogP contribution in [0.15, 0.2) is 30.3 Å². The molecule has 1 aromatic carbocycles. The molecule has 4 rings (SSSR count). The molecule has 1 saturated carbocycles. The van der Waals surface area contributed by atoms with Crippen molar-refractivity contribution in [1.29, 1.82) is 0 Å². The summed E-state index contributed by atoms with van der Waals surface area (Å²) in [5, 5.41) is 0. The van der Waals surface area contributed by atoms with Gasteiger partial charge in [-0.25, -0.2) is 4.39 Å². The van der Waals surface area contributed by atoms with E-state index < -0.39 is 17.2 Å². The van der Waals surface area contributed by atoms with Gasteiger partial charge < -0.3 is 14.5 Å². The molecule has 1 aliphatic carbocycles. The molecule has 128 valence electrons. The minimum absolute atomic E-state index is 0.125. The van der Waals surface area contributed by atoms with Crippen molar-refractivity contribution >= 4 is 11.8 Å². The van der Waals surface area contributed by atoms with Crippen LogP contribution < -0.4 is 0 Å². The first-order chi connectivity index (χ1) is 11.5. The number of ether oxygens (including phenoxy) is 1. The van der Waals surface area contributed by atoms with E-state index in [9.17, 15) is 14.0 Å². The average Bonchev–Trinajstić information content (AvgIpc) is 3.32. The second-order valence-electron chi connectivity index (χ2n) is 7.08. The summed E-state index contributed by atoms with van der Waals surface area (Å²) in [6.45, 7) is 1.25. The van der Waals surface area contributed by atoms with Crippen LogP contribution in [0.4, 0.5) is 4.39 Å². The van der Waals surface area contributed by atoms with Gasteiger partial charge in [0.25, 0.3) is 11.8 Å². The van der Waals surface area contributed by atoms with Gasteiger partial charge in [0.1, 0.15) is 0 Å².